The van der Waals surface area contributed by atoms with Crippen molar-refractivity contribution in [1.29, 1.82) is 0 Å². The Morgan fingerprint density at radius 2 is 1.68 bits per heavy atom. The molecule has 174 valence electrons. The van der Waals surface area contributed by atoms with Gasteiger partial charge in [0.05, 0.1) is 6.61 Å². The van der Waals surface area contributed by atoms with Crippen molar-refractivity contribution >= 4 is 20.3 Å². The average molecular weight is 457 g/mol. The predicted octanol–water partition coefficient (Wildman–Crippen LogP) is 1.63. The van der Waals surface area contributed by atoms with Crippen LogP contribution in [0.3, 0.4) is 0 Å². The molecule has 1 aromatic heterocycles. The third kappa shape index (κ3) is 5.72. The zero-order chi connectivity index (χ0) is 23.7. The number of carbonyl (C=O) groups excluding carboxylic acids is 2. The highest BCUT2D eigenvalue weighted by Crippen LogP contribution is 2.39. The van der Waals surface area contributed by atoms with Crippen LogP contribution >= 0.6 is 0 Å². The maximum Gasteiger partial charge on any atom is 0.330 e. The Bertz CT molecular complexity index is 946. The molecule has 1 saturated heterocycles. The van der Waals surface area contributed by atoms with E-state index in [2.05, 4.69) is 38.8 Å². The van der Waals surface area contributed by atoms with E-state index >= 15 is 0 Å². The molecular weight excluding hydrogens is 424 g/mol. The van der Waals surface area contributed by atoms with E-state index in [1.165, 1.54) is 27.0 Å². The van der Waals surface area contributed by atoms with Gasteiger partial charge in [0.25, 0.3) is 5.56 Å². The van der Waals surface area contributed by atoms with Gasteiger partial charge in [-0.1, -0.05) is 20.8 Å². The van der Waals surface area contributed by atoms with Crippen molar-refractivity contribution in [3.63, 3.8) is 0 Å². The minimum Gasteiger partial charge on any atom is -0.456 e. The summed E-state index contributed by atoms with van der Waals surface area (Å²) in [5.41, 5.74) is -0.988. The van der Waals surface area contributed by atoms with Crippen LogP contribution in [0.2, 0.25) is 18.1 Å². The summed E-state index contributed by atoms with van der Waals surface area (Å²) in [7, 11) is -2.17. The topological polar surface area (TPSA) is 126 Å². The van der Waals surface area contributed by atoms with Gasteiger partial charge >= 0.3 is 17.6 Å². The summed E-state index contributed by atoms with van der Waals surface area (Å²) in [5.74, 6) is -1.22. The molecule has 31 heavy (non-hydrogen) atoms. The highest BCUT2D eigenvalue weighted by atomic mass is 28.4. The number of esters is 2. The zero-order valence-corrected chi connectivity index (χ0v) is 20.3. The number of aryl methyl sites for hydroxylation is 1. The maximum atomic E-state index is 12.4. The molecule has 2 rings (SSSR count). The van der Waals surface area contributed by atoms with Crippen LogP contribution in [-0.4, -0.2) is 54.7 Å². The number of H-pyrrole nitrogens is 1. The smallest absolute Gasteiger partial charge is 0.330 e. The fourth-order valence-corrected chi connectivity index (χ4v) is 4.01. The van der Waals surface area contributed by atoms with E-state index in [9.17, 15) is 19.2 Å². The SMILES string of the molecule is CC(=O)O[C@@H]1[C@H](OC(C)=O)[C@@H](CO[Si](C)(C)C(C)(C)C)O[C@H]1n1cc(C)c(=O)[nH]c1=O. The van der Waals surface area contributed by atoms with Crippen LogP contribution in [0.5, 0.6) is 0 Å². The molecule has 1 aliphatic rings. The normalized spacial score (nSPS) is 24.1. The zero-order valence-electron chi connectivity index (χ0n) is 19.3. The fraction of sp³-hybridized carbons (Fsp3) is 0.700. The van der Waals surface area contributed by atoms with Gasteiger partial charge < -0.3 is 18.6 Å². The lowest BCUT2D eigenvalue weighted by Crippen LogP contribution is -2.46. The molecule has 1 aliphatic heterocycles. The molecular formula is C20H32N2O8Si. The van der Waals surface area contributed by atoms with E-state index < -0.39 is 56.0 Å². The lowest BCUT2D eigenvalue weighted by atomic mass is 10.1. The molecule has 0 amide bonds. The molecule has 0 unspecified atom stereocenters. The first-order chi connectivity index (χ1) is 14.1. The summed E-state index contributed by atoms with van der Waals surface area (Å²) in [5, 5.41) is -0.0653. The maximum absolute atomic E-state index is 12.4. The van der Waals surface area contributed by atoms with Gasteiger partial charge in [-0.15, -0.1) is 0 Å². The Hall–Kier alpha value is -2.24. The molecule has 11 heteroatoms. The Morgan fingerprint density at radius 1 is 1.13 bits per heavy atom. The first kappa shape index (κ1) is 25.0. The number of rotatable bonds is 6. The number of hydrogen-bond donors (Lipinski definition) is 1. The number of hydrogen-bond acceptors (Lipinski definition) is 8. The second-order valence-corrected chi connectivity index (χ2v) is 14.1. The molecule has 0 radical (unpaired) electrons. The van der Waals surface area contributed by atoms with Gasteiger partial charge in [-0.3, -0.25) is 23.9 Å². The van der Waals surface area contributed by atoms with Gasteiger partial charge in [0.1, 0.15) is 6.10 Å². The number of carbonyl (C=O) groups is 2. The van der Waals surface area contributed by atoms with Crippen LogP contribution < -0.4 is 11.2 Å². The Labute approximate surface area is 182 Å². The standard InChI is InChI=1S/C20H32N2O8Si/c1-11-9-22(19(26)21-17(11)25)18-16(29-13(3)24)15(28-12(2)23)14(30-18)10-27-31(7,8)20(4,5)6/h9,14-16,18H,10H2,1-8H3,(H,21,25,26)/t14-,15-,16-,18-/m1/s1. The van der Waals surface area contributed by atoms with Gasteiger partial charge in [0.15, 0.2) is 26.8 Å². The number of nitrogens with one attached hydrogen (secondary N) is 1. The highest BCUT2D eigenvalue weighted by Gasteiger charge is 2.51. The van der Waals surface area contributed by atoms with Crippen molar-refractivity contribution in [3.8, 4) is 0 Å². The van der Waals surface area contributed by atoms with E-state index in [0.29, 0.717) is 0 Å². The van der Waals surface area contributed by atoms with E-state index in [-0.39, 0.29) is 17.2 Å². The molecule has 2 heterocycles. The van der Waals surface area contributed by atoms with Crippen LogP contribution in [-0.2, 0) is 28.2 Å². The summed E-state index contributed by atoms with van der Waals surface area (Å²) in [4.78, 5) is 50.0. The van der Waals surface area contributed by atoms with E-state index in [4.69, 9.17) is 18.6 Å². The molecule has 1 fully saturated rings. The number of aromatic nitrogens is 2. The molecule has 1 N–H and O–H groups in total. The summed E-state index contributed by atoms with van der Waals surface area (Å²) in [6.07, 6.45) is -2.66. The van der Waals surface area contributed by atoms with Crippen molar-refractivity contribution in [2.24, 2.45) is 0 Å². The van der Waals surface area contributed by atoms with Gasteiger partial charge in [0, 0.05) is 25.6 Å². The number of ether oxygens (including phenoxy) is 3. The molecule has 0 aromatic carbocycles. The minimum atomic E-state index is -2.17. The van der Waals surface area contributed by atoms with Crippen molar-refractivity contribution in [2.45, 2.75) is 84.2 Å². The minimum absolute atomic E-state index is 0.0653. The lowest BCUT2D eigenvalue weighted by Gasteiger charge is -2.37. The van der Waals surface area contributed by atoms with Gasteiger partial charge in [0.2, 0.25) is 0 Å². The summed E-state index contributed by atoms with van der Waals surface area (Å²) in [6, 6.07) is 0. The average Bonchev–Trinajstić information content (AvgIpc) is 2.92. The monoisotopic (exact) mass is 456 g/mol. The molecule has 10 nitrogen and oxygen atoms in total. The second kappa shape index (κ2) is 9.09. The number of nitrogens with zero attached hydrogens (tertiary/aromatic N) is 1. The molecule has 0 spiro atoms. The summed E-state index contributed by atoms with van der Waals surface area (Å²) < 4.78 is 24.3. The molecule has 0 bridgehead atoms. The van der Waals surface area contributed by atoms with Crippen LogP contribution in [0.4, 0.5) is 0 Å². The van der Waals surface area contributed by atoms with Gasteiger partial charge in [-0.2, -0.15) is 0 Å². The second-order valence-electron chi connectivity index (χ2n) is 9.26. The van der Waals surface area contributed by atoms with Crippen LogP contribution in [0.25, 0.3) is 0 Å². The third-order valence-corrected chi connectivity index (χ3v) is 10.2. The van der Waals surface area contributed by atoms with E-state index in [1.807, 2.05) is 0 Å². The third-order valence-electron chi connectivity index (χ3n) is 5.72. The molecule has 1 aromatic rings. The first-order valence-corrected chi connectivity index (χ1v) is 13.0. The fourth-order valence-electron chi connectivity index (χ4n) is 3.00. The Balaban J connectivity index is 2.45. The van der Waals surface area contributed by atoms with Crippen molar-refractivity contribution < 1.29 is 28.2 Å². The van der Waals surface area contributed by atoms with Crippen LogP contribution in [0.15, 0.2) is 15.8 Å². The van der Waals surface area contributed by atoms with Crippen molar-refractivity contribution in [1.82, 2.24) is 9.55 Å². The summed E-state index contributed by atoms with van der Waals surface area (Å²) in [6.45, 7) is 14.5. The summed E-state index contributed by atoms with van der Waals surface area (Å²) >= 11 is 0. The Morgan fingerprint density at radius 3 is 2.19 bits per heavy atom. The van der Waals surface area contributed by atoms with E-state index in [1.54, 1.807) is 0 Å². The van der Waals surface area contributed by atoms with Crippen molar-refractivity contribution in [2.75, 3.05) is 6.61 Å². The first-order valence-electron chi connectivity index (χ1n) is 10.1. The number of aromatic amines is 1. The predicted molar refractivity (Wildman–Crippen MR) is 114 cm³/mol. The largest absolute Gasteiger partial charge is 0.456 e. The van der Waals surface area contributed by atoms with Crippen LogP contribution in [0.1, 0.15) is 46.4 Å². The molecule has 0 aliphatic carbocycles. The van der Waals surface area contributed by atoms with Gasteiger partial charge in [-0.05, 0) is 25.1 Å². The molecule has 0 saturated carbocycles. The van der Waals surface area contributed by atoms with Crippen LogP contribution in [0, 0.1) is 6.92 Å². The highest BCUT2D eigenvalue weighted by molar-refractivity contribution is 6.74. The Kier molecular flexibility index (Phi) is 7.34. The quantitative estimate of drug-likeness (QED) is 0.506. The molecule has 4 atom stereocenters. The lowest BCUT2D eigenvalue weighted by molar-refractivity contribution is -0.165. The van der Waals surface area contributed by atoms with Gasteiger partial charge in [-0.25, -0.2) is 4.79 Å². The van der Waals surface area contributed by atoms with Crippen molar-refractivity contribution in [3.05, 3.63) is 32.6 Å². The van der Waals surface area contributed by atoms with E-state index in [0.717, 1.165) is 4.57 Å².